The molecule has 4 nitrogen and oxygen atoms in total. The summed E-state index contributed by atoms with van der Waals surface area (Å²) < 4.78 is 25.8. The van der Waals surface area contributed by atoms with Crippen molar-refractivity contribution < 1.29 is 13.5 Å². The van der Waals surface area contributed by atoms with Gasteiger partial charge < -0.3 is 5.11 Å². The van der Waals surface area contributed by atoms with Gasteiger partial charge in [0.15, 0.2) is 0 Å². The third kappa shape index (κ3) is 2.80. The number of alkyl halides is 1. The van der Waals surface area contributed by atoms with Crippen LogP contribution in [0.3, 0.4) is 0 Å². The van der Waals surface area contributed by atoms with E-state index in [9.17, 15) is 13.5 Å². The molecule has 0 heterocycles. The number of halogens is 1. The van der Waals surface area contributed by atoms with Crippen LogP contribution in [-0.2, 0) is 16.4 Å². The minimum Gasteiger partial charge on any atom is -0.391 e. The maximum absolute atomic E-state index is 11.6. The molecule has 1 aliphatic rings. The molecule has 0 fully saturated rings. The molecule has 0 radical (unpaired) electrons. The highest BCUT2D eigenvalue weighted by Gasteiger charge is 2.33. The number of hydrogen-bond donors (Lipinski definition) is 2. The highest BCUT2D eigenvalue weighted by Crippen LogP contribution is 2.31. The lowest BCUT2D eigenvalue weighted by Crippen LogP contribution is -2.35. The highest BCUT2D eigenvalue weighted by atomic mass is 35.5. The molecule has 0 aliphatic heterocycles. The molecule has 1 aromatic rings. The zero-order chi connectivity index (χ0) is 12.5. The van der Waals surface area contributed by atoms with Gasteiger partial charge in [-0.2, -0.15) is 0 Å². The van der Waals surface area contributed by atoms with Gasteiger partial charge in [0.25, 0.3) is 0 Å². The molecule has 6 heteroatoms. The number of rotatable bonds is 4. The van der Waals surface area contributed by atoms with E-state index in [2.05, 4.69) is 4.72 Å². The first-order valence-electron chi connectivity index (χ1n) is 5.35. The Balaban J connectivity index is 2.23. The van der Waals surface area contributed by atoms with Crippen molar-refractivity contribution in [2.75, 3.05) is 11.6 Å². The molecule has 2 N–H and O–H groups in total. The summed E-state index contributed by atoms with van der Waals surface area (Å²) in [5.41, 5.74) is 1.83. The van der Waals surface area contributed by atoms with Crippen LogP contribution in [0.5, 0.6) is 0 Å². The van der Waals surface area contributed by atoms with Crippen molar-refractivity contribution in [3.05, 3.63) is 35.4 Å². The molecular weight excluding hydrogens is 262 g/mol. The fourth-order valence-corrected chi connectivity index (χ4v) is 3.67. The van der Waals surface area contributed by atoms with Crippen molar-refractivity contribution in [1.82, 2.24) is 4.72 Å². The van der Waals surface area contributed by atoms with Gasteiger partial charge in [0.2, 0.25) is 10.0 Å². The lowest BCUT2D eigenvalue weighted by Gasteiger charge is -2.17. The summed E-state index contributed by atoms with van der Waals surface area (Å²) in [6.07, 6.45) is -0.234. The van der Waals surface area contributed by atoms with Gasteiger partial charge in [-0.05, 0) is 11.1 Å². The second-order valence-electron chi connectivity index (χ2n) is 4.07. The Labute approximate surface area is 106 Å². The van der Waals surface area contributed by atoms with Gasteiger partial charge in [0.1, 0.15) is 0 Å². The quantitative estimate of drug-likeness (QED) is 0.799. The smallest absolute Gasteiger partial charge is 0.213 e. The topological polar surface area (TPSA) is 66.4 Å². The SMILES string of the molecule is O=S(=O)(CCCl)N[C@H]1c2ccccc2C[C@H]1O. The van der Waals surface area contributed by atoms with Crippen LogP contribution < -0.4 is 4.72 Å². The van der Waals surface area contributed by atoms with Gasteiger partial charge in [0.05, 0.1) is 17.9 Å². The number of benzene rings is 1. The summed E-state index contributed by atoms with van der Waals surface area (Å²) in [7, 11) is -3.43. The fourth-order valence-electron chi connectivity index (χ4n) is 2.07. The van der Waals surface area contributed by atoms with Gasteiger partial charge in [-0.3, -0.25) is 0 Å². The monoisotopic (exact) mass is 275 g/mol. The molecule has 0 aromatic heterocycles. The number of aliphatic hydroxyl groups excluding tert-OH is 1. The molecule has 0 saturated carbocycles. The van der Waals surface area contributed by atoms with E-state index in [1.807, 2.05) is 24.3 Å². The molecule has 1 aromatic carbocycles. The summed E-state index contributed by atoms with van der Waals surface area (Å²) >= 11 is 5.43. The van der Waals surface area contributed by atoms with E-state index < -0.39 is 22.2 Å². The van der Waals surface area contributed by atoms with Gasteiger partial charge >= 0.3 is 0 Å². The number of sulfonamides is 1. The second kappa shape index (κ2) is 4.94. The lowest BCUT2D eigenvalue weighted by molar-refractivity contribution is 0.151. The van der Waals surface area contributed by atoms with E-state index in [1.54, 1.807) is 0 Å². The average molecular weight is 276 g/mol. The van der Waals surface area contributed by atoms with E-state index in [0.29, 0.717) is 6.42 Å². The first kappa shape index (κ1) is 12.8. The summed E-state index contributed by atoms with van der Waals surface area (Å²) in [5, 5.41) is 9.88. The van der Waals surface area contributed by atoms with Crippen molar-refractivity contribution in [3.8, 4) is 0 Å². The lowest BCUT2D eigenvalue weighted by atomic mass is 10.1. The van der Waals surface area contributed by atoms with Crippen LogP contribution >= 0.6 is 11.6 Å². The molecule has 0 saturated heterocycles. The van der Waals surface area contributed by atoms with Crippen LogP contribution in [0.4, 0.5) is 0 Å². The maximum atomic E-state index is 11.6. The molecule has 2 atom stereocenters. The summed E-state index contributed by atoms with van der Waals surface area (Å²) in [6.45, 7) is 0. The highest BCUT2D eigenvalue weighted by molar-refractivity contribution is 7.89. The van der Waals surface area contributed by atoms with E-state index in [4.69, 9.17) is 11.6 Å². The second-order valence-corrected chi connectivity index (χ2v) is 6.33. The minimum absolute atomic E-state index is 0.0415. The molecule has 17 heavy (non-hydrogen) atoms. The Morgan fingerprint density at radius 3 is 2.82 bits per heavy atom. The molecule has 0 amide bonds. The normalized spacial score (nSPS) is 23.6. The summed E-state index contributed by atoms with van der Waals surface area (Å²) in [4.78, 5) is 0. The predicted octanol–water partition coefficient (Wildman–Crippen LogP) is 0.803. The van der Waals surface area contributed by atoms with Crippen molar-refractivity contribution >= 4 is 21.6 Å². The maximum Gasteiger partial charge on any atom is 0.213 e. The van der Waals surface area contributed by atoms with E-state index in [1.165, 1.54) is 0 Å². The minimum atomic E-state index is -3.43. The van der Waals surface area contributed by atoms with Crippen LogP contribution in [0.25, 0.3) is 0 Å². The van der Waals surface area contributed by atoms with Gasteiger partial charge in [-0.15, -0.1) is 11.6 Å². The van der Waals surface area contributed by atoms with Crippen LogP contribution in [0, 0.1) is 0 Å². The largest absolute Gasteiger partial charge is 0.391 e. The van der Waals surface area contributed by atoms with Crippen LogP contribution in [0.1, 0.15) is 17.2 Å². The third-order valence-electron chi connectivity index (χ3n) is 2.86. The third-order valence-corrected chi connectivity index (χ3v) is 4.62. The van der Waals surface area contributed by atoms with Gasteiger partial charge in [-0.1, -0.05) is 24.3 Å². The zero-order valence-electron chi connectivity index (χ0n) is 9.14. The Bertz CT molecular complexity index is 503. The number of fused-ring (bicyclic) bond motifs is 1. The molecule has 0 unspecified atom stereocenters. The van der Waals surface area contributed by atoms with Crippen molar-refractivity contribution in [3.63, 3.8) is 0 Å². The fraction of sp³-hybridized carbons (Fsp3) is 0.455. The molecule has 0 bridgehead atoms. The van der Waals surface area contributed by atoms with E-state index in [-0.39, 0.29) is 11.6 Å². The number of aliphatic hydroxyl groups is 1. The number of nitrogens with one attached hydrogen (secondary N) is 1. The van der Waals surface area contributed by atoms with Gasteiger partial charge in [-0.25, -0.2) is 13.1 Å². The average Bonchev–Trinajstić information content (AvgIpc) is 2.55. The molecular formula is C11H14ClNO3S. The number of hydrogen-bond acceptors (Lipinski definition) is 3. The van der Waals surface area contributed by atoms with Crippen LogP contribution in [0.15, 0.2) is 24.3 Å². The molecule has 1 aliphatic carbocycles. The van der Waals surface area contributed by atoms with Crippen molar-refractivity contribution in [1.29, 1.82) is 0 Å². The van der Waals surface area contributed by atoms with E-state index in [0.717, 1.165) is 11.1 Å². The molecule has 94 valence electrons. The predicted molar refractivity (Wildman–Crippen MR) is 66.5 cm³/mol. The first-order chi connectivity index (χ1) is 8.03. The Kier molecular flexibility index (Phi) is 3.73. The van der Waals surface area contributed by atoms with Crippen LogP contribution in [-0.4, -0.2) is 31.3 Å². The van der Waals surface area contributed by atoms with Crippen LogP contribution in [0.2, 0.25) is 0 Å². The van der Waals surface area contributed by atoms with Crippen molar-refractivity contribution in [2.45, 2.75) is 18.6 Å². The summed E-state index contributed by atoms with van der Waals surface area (Å²) in [5.74, 6) is -0.0975. The Morgan fingerprint density at radius 1 is 1.41 bits per heavy atom. The van der Waals surface area contributed by atoms with Crippen molar-refractivity contribution in [2.24, 2.45) is 0 Å². The van der Waals surface area contributed by atoms with E-state index >= 15 is 0 Å². The zero-order valence-corrected chi connectivity index (χ0v) is 10.7. The summed E-state index contributed by atoms with van der Waals surface area (Å²) in [6, 6.07) is 6.88. The molecule has 2 rings (SSSR count). The first-order valence-corrected chi connectivity index (χ1v) is 7.54. The Hall–Kier alpha value is -0.620. The molecule has 0 spiro atoms. The Morgan fingerprint density at radius 2 is 2.12 bits per heavy atom. The van der Waals surface area contributed by atoms with Gasteiger partial charge in [0, 0.05) is 12.3 Å². The standard InChI is InChI=1S/C11H14ClNO3S/c12-5-6-17(15,16)13-11-9-4-2-1-3-8(9)7-10(11)14/h1-4,10-11,13-14H,5-7H2/t10-,11+/m1/s1.